The molecule has 1 aromatic heterocycles. The van der Waals surface area contributed by atoms with Crippen LogP contribution in [-0.4, -0.2) is 50.8 Å². The second-order valence-electron chi connectivity index (χ2n) is 8.09. The van der Waals surface area contributed by atoms with Crippen LogP contribution in [0.25, 0.3) is 11.0 Å². The normalized spacial score (nSPS) is 15.7. The van der Waals surface area contributed by atoms with Gasteiger partial charge in [-0.3, -0.25) is 9.69 Å². The number of rotatable bonds is 6. The summed E-state index contributed by atoms with van der Waals surface area (Å²) in [6.45, 7) is 9.56. The number of furan rings is 1. The third kappa shape index (κ3) is 4.31. The number of ether oxygens (including phenoxy) is 2. The number of fused-ring (bicyclic) bond motifs is 1. The summed E-state index contributed by atoms with van der Waals surface area (Å²) >= 11 is 0. The molecule has 0 spiro atoms. The molecule has 2 aromatic carbocycles. The van der Waals surface area contributed by atoms with E-state index in [1.54, 1.807) is 7.11 Å². The lowest BCUT2D eigenvalue weighted by Gasteiger charge is -2.35. The Kier molecular flexibility index (Phi) is 6.30. The number of hydrogen-bond acceptors (Lipinski definition) is 5. The minimum absolute atomic E-state index is 0.0485. The summed E-state index contributed by atoms with van der Waals surface area (Å²) in [6.07, 6.45) is 0. The Labute approximate surface area is 183 Å². The minimum Gasteiger partial charge on any atom is -0.497 e. The van der Waals surface area contributed by atoms with Crippen LogP contribution in [0.3, 0.4) is 0 Å². The number of carbonyl (C=O) groups excluding carboxylic acids is 1. The second kappa shape index (κ2) is 9.12. The van der Waals surface area contributed by atoms with Crippen LogP contribution in [0.4, 0.5) is 0 Å². The topological polar surface area (TPSA) is 63.9 Å². The van der Waals surface area contributed by atoms with Crippen molar-refractivity contribution in [1.29, 1.82) is 0 Å². The van der Waals surface area contributed by atoms with E-state index in [-0.39, 0.29) is 11.9 Å². The Bertz CT molecular complexity index is 1070. The molecule has 1 N–H and O–H groups in total. The van der Waals surface area contributed by atoms with Crippen LogP contribution >= 0.6 is 0 Å². The largest absolute Gasteiger partial charge is 0.497 e. The van der Waals surface area contributed by atoms with Crippen molar-refractivity contribution in [3.8, 4) is 5.75 Å². The zero-order valence-corrected chi connectivity index (χ0v) is 18.7. The van der Waals surface area contributed by atoms with Crippen molar-refractivity contribution >= 4 is 16.9 Å². The summed E-state index contributed by atoms with van der Waals surface area (Å²) < 4.78 is 16.8. The first kappa shape index (κ1) is 21.4. The van der Waals surface area contributed by atoms with E-state index in [9.17, 15) is 4.79 Å². The maximum absolute atomic E-state index is 13.1. The lowest BCUT2D eigenvalue weighted by molar-refractivity contribution is 0.0161. The highest BCUT2D eigenvalue weighted by Gasteiger charge is 2.25. The molecule has 4 rings (SSSR count). The lowest BCUT2D eigenvalue weighted by atomic mass is 10.0. The number of hydrogen-bond donors (Lipinski definition) is 1. The first-order valence-electron chi connectivity index (χ1n) is 10.7. The first-order chi connectivity index (χ1) is 15.0. The van der Waals surface area contributed by atoms with E-state index in [4.69, 9.17) is 13.9 Å². The molecule has 3 aromatic rings. The Balaban J connectivity index is 1.56. The van der Waals surface area contributed by atoms with Gasteiger partial charge in [-0.15, -0.1) is 0 Å². The number of methoxy groups -OCH3 is 1. The third-order valence-corrected chi connectivity index (χ3v) is 6.27. The summed E-state index contributed by atoms with van der Waals surface area (Å²) in [7, 11) is 1.66. The highest BCUT2D eigenvalue weighted by Crippen LogP contribution is 2.30. The molecule has 1 saturated heterocycles. The summed E-state index contributed by atoms with van der Waals surface area (Å²) in [4.78, 5) is 15.4. The van der Waals surface area contributed by atoms with Crippen LogP contribution in [-0.2, 0) is 4.74 Å². The molecule has 1 aliphatic rings. The fraction of sp³-hybridized carbons (Fsp3) is 0.400. The molecule has 164 valence electrons. The van der Waals surface area contributed by atoms with Gasteiger partial charge in [0.2, 0.25) is 0 Å². The summed E-state index contributed by atoms with van der Waals surface area (Å²) in [5.41, 5.74) is 5.03. The zero-order valence-electron chi connectivity index (χ0n) is 18.7. The SMILES string of the molecule is COc1ccc([C@H](CNC(=O)c2oc3c(C)c(C)ccc3c2C)N2CCOCC2)cc1. The number of nitrogens with one attached hydrogen (secondary N) is 1. The van der Waals surface area contributed by atoms with Gasteiger partial charge < -0.3 is 19.2 Å². The number of carbonyl (C=O) groups is 1. The maximum atomic E-state index is 13.1. The number of aryl methyl sites for hydroxylation is 3. The minimum atomic E-state index is -0.183. The van der Waals surface area contributed by atoms with Gasteiger partial charge in [-0.25, -0.2) is 0 Å². The van der Waals surface area contributed by atoms with E-state index in [0.29, 0.717) is 25.5 Å². The fourth-order valence-corrected chi connectivity index (χ4v) is 4.18. The number of benzene rings is 2. The number of morpholine rings is 1. The van der Waals surface area contributed by atoms with Gasteiger partial charge in [-0.1, -0.05) is 24.3 Å². The van der Waals surface area contributed by atoms with Crippen molar-refractivity contribution in [1.82, 2.24) is 10.2 Å². The van der Waals surface area contributed by atoms with Crippen LogP contribution in [0.1, 0.15) is 38.9 Å². The van der Waals surface area contributed by atoms with Crippen molar-refractivity contribution in [3.05, 3.63) is 64.4 Å². The molecule has 0 saturated carbocycles. The molecule has 0 aliphatic carbocycles. The molecule has 6 heteroatoms. The van der Waals surface area contributed by atoms with E-state index < -0.39 is 0 Å². The van der Waals surface area contributed by atoms with Gasteiger partial charge in [0.1, 0.15) is 11.3 Å². The third-order valence-electron chi connectivity index (χ3n) is 6.27. The molecule has 0 bridgehead atoms. The molecule has 0 radical (unpaired) electrons. The molecular weight excluding hydrogens is 392 g/mol. The molecule has 1 aliphatic heterocycles. The van der Waals surface area contributed by atoms with Gasteiger partial charge >= 0.3 is 0 Å². The average molecular weight is 423 g/mol. The van der Waals surface area contributed by atoms with E-state index >= 15 is 0 Å². The second-order valence-corrected chi connectivity index (χ2v) is 8.09. The standard InChI is InChI=1S/C25H30N2O4/c1-16-5-10-21-18(3)24(31-23(21)17(16)2)25(28)26-15-22(27-11-13-30-14-12-27)19-6-8-20(29-4)9-7-19/h5-10,22H,11-15H2,1-4H3,(H,26,28)/t22-/m0/s1. The maximum Gasteiger partial charge on any atom is 0.287 e. The van der Waals surface area contributed by atoms with Gasteiger partial charge in [-0.05, 0) is 49.6 Å². The van der Waals surface area contributed by atoms with Crippen LogP contribution < -0.4 is 10.1 Å². The highest BCUT2D eigenvalue weighted by atomic mass is 16.5. The quantitative estimate of drug-likeness (QED) is 0.646. The van der Waals surface area contributed by atoms with Crippen LogP contribution in [0.15, 0.2) is 40.8 Å². The van der Waals surface area contributed by atoms with Crippen molar-refractivity contribution in [2.75, 3.05) is 40.0 Å². The predicted octanol–water partition coefficient (Wildman–Crippen LogP) is 4.17. The van der Waals surface area contributed by atoms with Crippen molar-refractivity contribution in [3.63, 3.8) is 0 Å². The smallest absolute Gasteiger partial charge is 0.287 e. The van der Waals surface area contributed by atoms with Gasteiger partial charge in [0.05, 0.1) is 26.4 Å². The molecule has 2 heterocycles. The van der Waals surface area contributed by atoms with Gasteiger partial charge in [0.15, 0.2) is 5.76 Å². The van der Waals surface area contributed by atoms with Crippen molar-refractivity contribution in [2.45, 2.75) is 26.8 Å². The van der Waals surface area contributed by atoms with Crippen molar-refractivity contribution in [2.24, 2.45) is 0 Å². The fourth-order valence-electron chi connectivity index (χ4n) is 4.18. The van der Waals surface area contributed by atoms with E-state index in [0.717, 1.165) is 52.1 Å². The molecule has 1 atom stereocenters. The predicted molar refractivity (Wildman–Crippen MR) is 121 cm³/mol. The molecular formula is C25H30N2O4. The Hall–Kier alpha value is -2.83. The Morgan fingerprint density at radius 1 is 1.06 bits per heavy atom. The van der Waals surface area contributed by atoms with Gasteiger partial charge in [0, 0.05) is 30.6 Å². The Morgan fingerprint density at radius 3 is 2.45 bits per heavy atom. The van der Waals surface area contributed by atoms with Crippen LogP contribution in [0.5, 0.6) is 5.75 Å². The lowest BCUT2D eigenvalue weighted by Crippen LogP contribution is -2.43. The van der Waals surface area contributed by atoms with Gasteiger partial charge in [-0.2, -0.15) is 0 Å². The van der Waals surface area contributed by atoms with Crippen molar-refractivity contribution < 1.29 is 18.7 Å². The molecule has 1 amide bonds. The summed E-state index contributed by atoms with van der Waals surface area (Å²) in [5.74, 6) is 1.02. The molecule has 31 heavy (non-hydrogen) atoms. The number of nitrogens with zero attached hydrogens (tertiary/aromatic N) is 1. The van der Waals surface area contributed by atoms with E-state index in [2.05, 4.69) is 28.4 Å². The van der Waals surface area contributed by atoms with Crippen LogP contribution in [0.2, 0.25) is 0 Å². The monoisotopic (exact) mass is 422 g/mol. The zero-order chi connectivity index (χ0) is 22.0. The molecule has 6 nitrogen and oxygen atoms in total. The summed E-state index contributed by atoms with van der Waals surface area (Å²) in [6, 6.07) is 12.2. The Morgan fingerprint density at radius 2 is 1.77 bits per heavy atom. The van der Waals surface area contributed by atoms with Crippen LogP contribution in [0, 0.1) is 20.8 Å². The summed E-state index contributed by atoms with van der Waals surface area (Å²) in [5, 5.41) is 4.11. The average Bonchev–Trinajstić information content (AvgIpc) is 3.14. The van der Waals surface area contributed by atoms with E-state index in [1.165, 1.54) is 0 Å². The van der Waals surface area contributed by atoms with Gasteiger partial charge in [0.25, 0.3) is 5.91 Å². The number of amides is 1. The molecule has 1 fully saturated rings. The first-order valence-corrected chi connectivity index (χ1v) is 10.7. The van der Waals surface area contributed by atoms with E-state index in [1.807, 2.05) is 39.0 Å². The highest BCUT2D eigenvalue weighted by molar-refractivity contribution is 5.99. The molecule has 0 unspecified atom stereocenters.